The molecule has 1 amide bonds. The molecule has 2 aromatic rings. The molecule has 162 valence electrons. The summed E-state index contributed by atoms with van der Waals surface area (Å²) in [6.45, 7) is 6.55. The van der Waals surface area contributed by atoms with Gasteiger partial charge in [0.2, 0.25) is 15.9 Å². The fourth-order valence-electron chi connectivity index (χ4n) is 2.81. The molecule has 7 nitrogen and oxygen atoms in total. The number of benzene rings is 2. The Morgan fingerprint density at radius 1 is 1.13 bits per heavy atom. The first-order chi connectivity index (χ1) is 14.1. The summed E-state index contributed by atoms with van der Waals surface area (Å²) >= 11 is 0. The Balaban J connectivity index is 1.97. The van der Waals surface area contributed by atoms with Crippen LogP contribution in [0.1, 0.15) is 11.1 Å². The molecule has 1 N–H and O–H groups in total. The van der Waals surface area contributed by atoms with E-state index in [9.17, 15) is 13.2 Å². The van der Waals surface area contributed by atoms with Crippen molar-refractivity contribution in [2.24, 2.45) is 0 Å². The van der Waals surface area contributed by atoms with Crippen molar-refractivity contribution in [2.75, 3.05) is 39.6 Å². The lowest BCUT2D eigenvalue weighted by Gasteiger charge is -2.18. The smallest absolute Gasteiger partial charge is 0.242 e. The highest BCUT2D eigenvalue weighted by atomic mass is 32.2. The van der Waals surface area contributed by atoms with E-state index >= 15 is 0 Å². The molecule has 0 atom stereocenters. The van der Waals surface area contributed by atoms with Crippen LogP contribution >= 0.6 is 0 Å². The Morgan fingerprint density at radius 3 is 2.40 bits per heavy atom. The molecule has 0 aliphatic heterocycles. The van der Waals surface area contributed by atoms with Gasteiger partial charge in [-0.05, 0) is 49.4 Å². The van der Waals surface area contributed by atoms with E-state index in [1.54, 1.807) is 25.1 Å². The third-order valence-electron chi connectivity index (χ3n) is 4.39. The minimum atomic E-state index is -3.58. The SMILES string of the molecule is C=CCOc1ccc(CN(C)CC(=O)Nc2ccc(C)c(S(=O)(=O)N(C)C)c2)cc1. The molecule has 0 aliphatic carbocycles. The monoisotopic (exact) mass is 431 g/mol. The molecule has 0 bridgehead atoms. The predicted octanol–water partition coefficient (Wildman–Crippen LogP) is 2.88. The average molecular weight is 432 g/mol. The maximum atomic E-state index is 12.4. The van der Waals surface area contributed by atoms with Gasteiger partial charge in [-0.1, -0.05) is 30.9 Å². The van der Waals surface area contributed by atoms with Crippen molar-refractivity contribution < 1.29 is 17.9 Å². The maximum Gasteiger partial charge on any atom is 0.242 e. The molecule has 0 aliphatic rings. The summed E-state index contributed by atoms with van der Waals surface area (Å²) in [5.74, 6) is 0.544. The molecule has 0 fully saturated rings. The number of hydrogen-bond acceptors (Lipinski definition) is 5. The van der Waals surface area contributed by atoms with Gasteiger partial charge in [0.25, 0.3) is 0 Å². The lowest BCUT2D eigenvalue weighted by atomic mass is 10.2. The Hall–Kier alpha value is -2.68. The molecule has 2 aromatic carbocycles. The lowest BCUT2D eigenvalue weighted by molar-refractivity contribution is -0.117. The van der Waals surface area contributed by atoms with Crippen LogP contribution in [0.4, 0.5) is 5.69 Å². The standard InChI is InChI=1S/C22H29N3O4S/c1-6-13-29-20-11-8-18(9-12-20)15-25(5)16-22(26)23-19-10-7-17(2)21(14-19)30(27,28)24(3)4/h6-12,14H,1,13,15-16H2,2-5H3,(H,23,26). The van der Waals surface area contributed by atoms with Gasteiger partial charge in [-0.15, -0.1) is 0 Å². The van der Waals surface area contributed by atoms with E-state index in [0.29, 0.717) is 24.4 Å². The summed E-state index contributed by atoms with van der Waals surface area (Å²) in [5.41, 5.74) is 2.12. The number of hydrogen-bond donors (Lipinski definition) is 1. The van der Waals surface area contributed by atoms with Gasteiger partial charge >= 0.3 is 0 Å². The van der Waals surface area contributed by atoms with Gasteiger partial charge < -0.3 is 10.1 Å². The molecule has 0 saturated heterocycles. The van der Waals surface area contributed by atoms with Crippen molar-refractivity contribution in [3.63, 3.8) is 0 Å². The van der Waals surface area contributed by atoms with Crippen LogP contribution in [0.2, 0.25) is 0 Å². The molecule has 0 radical (unpaired) electrons. The number of sulfonamides is 1. The largest absolute Gasteiger partial charge is 0.490 e. The number of nitrogens with one attached hydrogen (secondary N) is 1. The van der Waals surface area contributed by atoms with Crippen LogP contribution < -0.4 is 10.1 Å². The minimum Gasteiger partial charge on any atom is -0.490 e. The van der Waals surface area contributed by atoms with Crippen molar-refractivity contribution in [1.82, 2.24) is 9.21 Å². The second-order valence-electron chi connectivity index (χ2n) is 7.23. The van der Waals surface area contributed by atoms with Gasteiger partial charge in [-0.25, -0.2) is 12.7 Å². The topological polar surface area (TPSA) is 79.0 Å². The summed E-state index contributed by atoms with van der Waals surface area (Å²) in [6, 6.07) is 12.5. The molecule has 0 aromatic heterocycles. The minimum absolute atomic E-state index is 0.165. The van der Waals surface area contributed by atoms with Crippen LogP contribution in [0.15, 0.2) is 60.0 Å². The van der Waals surface area contributed by atoms with Gasteiger partial charge in [0, 0.05) is 26.3 Å². The van der Waals surface area contributed by atoms with Crippen LogP contribution in [0.3, 0.4) is 0 Å². The van der Waals surface area contributed by atoms with Crippen molar-refractivity contribution in [3.8, 4) is 5.75 Å². The Labute approximate surface area is 179 Å². The van der Waals surface area contributed by atoms with E-state index in [-0.39, 0.29) is 17.3 Å². The van der Waals surface area contributed by atoms with Crippen LogP contribution in [-0.4, -0.2) is 57.8 Å². The van der Waals surface area contributed by atoms with Gasteiger partial charge in [0.05, 0.1) is 11.4 Å². The highest BCUT2D eigenvalue weighted by molar-refractivity contribution is 7.89. The van der Waals surface area contributed by atoms with Crippen LogP contribution in [0, 0.1) is 6.92 Å². The Morgan fingerprint density at radius 2 is 1.80 bits per heavy atom. The van der Waals surface area contributed by atoms with E-state index in [0.717, 1.165) is 15.6 Å². The Kier molecular flexibility index (Phi) is 8.16. The highest BCUT2D eigenvalue weighted by Crippen LogP contribution is 2.22. The van der Waals surface area contributed by atoms with E-state index in [2.05, 4.69) is 11.9 Å². The normalized spacial score (nSPS) is 11.5. The zero-order valence-electron chi connectivity index (χ0n) is 17.9. The van der Waals surface area contributed by atoms with E-state index in [1.807, 2.05) is 36.2 Å². The highest BCUT2D eigenvalue weighted by Gasteiger charge is 2.20. The molecule has 0 spiro atoms. The fourth-order valence-corrected chi connectivity index (χ4v) is 3.96. The van der Waals surface area contributed by atoms with E-state index in [1.165, 1.54) is 20.2 Å². The summed E-state index contributed by atoms with van der Waals surface area (Å²) in [6.07, 6.45) is 1.69. The number of ether oxygens (including phenoxy) is 1. The number of rotatable bonds is 10. The first kappa shape index (κ1) is 23.6. The van der Waals surface area contributed by atoms with Crippen LogP contribution in [0.25, 0.3) is 0 Å². The second kappa shape index (κ2) is 10.4. The number of aryl methyl sites for hydroxylation is 1. The van der Waals surface area contributed by atoms with Crippen molar-refractivity contribution >= 4 is 21.6 Å². The number of anilines is 1. The number of carbonyl (C=O) groups excluding carboxylic acids is 1. The zero-order valence-corrected chi connectivity index (χ0v) is 18.7. The molecule has 0 saturated carbocycles. The first-order valence-electron chi connectivity index (χ1n) is 9.47. The summed E-state index contributed by atoms with van der Waals surface area (Å²) < 4.78 is 31.5. The lowest BCUT2D eigenvalue weighted by Crippen LogP contribution is -2.30. The van der Waals surface area contributed by atoms with E-state index in [4.69, 9.17) is 4.74 Å². The summed E-state index contributed by atoms with van der Waals surface area (Å²) in [7, 11) is 1.22. The van der Waals surface area contributed by atoms with Gasteiger partial charge in [0.1, 0.15) is 12.4 Å². The third-order valence-corrected chi connectivity index (χ3v) is 6.34. The van der Waals surface area contributed by atoms with E-state index < -0.39 is 10.0 Å². The molecule has 8 heteroatoms. The number of amides is 1. The first-order valence-corrected chi connectivity index (χ1v) is 10.9. The second-order valence-corrected chi connectivity index (χ2v) is 9.35. The number of likely N-dealkylation sites (N-methyl/N-ethyl adjacent to an activating group) is 1. The summed E-state index contributed by atoms with van der Waals surface area (Å²) in [4.78, 5) is 14.5. The molecule has 0 unspecified atom stereocenters. The molecular weight excluding hydrogens is 402 g/mol. The maximum absolute atomic E-state index is 12.4. The van der Waals surface area contributed by atoms with Crippen molar-refractivity contribution in [2.45, 2.75) is 18.4 Å². The van der Waals surface area contributed by atoms with Crippen molar-refractivity contribution in [3.05, 3.63) is 66.2 Å². The number of carbonyl (C=O) groups is 1. The van der Waals surface area contributed by atoms with Crippen LogP contribution in [-0.2, 0) is 21.4 Å². The fraction of sp³-hybridized carbons (Fsp3) is 0.318. The molecule has 2 rings (SSSR count). The van der Waals surface area contributed by atoms with Crippen LogP contribution in [0.5, 0.6) is 5.75 Å². The van der Waals surface area contributed by atoms with Crippen molar-refractivity contribution in [1.29, 1.82) is 0 Å². The molecule has 30 heavy (non-hydrogen) atoms. The average Bonchev–Trinajstić information content (AvgIpc) is 2.68. The van der Waals surface area contributed by atoms with Gasteiger partial charge in [0.15, 0.2) is 0 Å². The molecular formula is C22H29N3O4S. The number of nitrogens with zero attached hydrogens (tertiary/aromatic N) is 2. The molecule has 0 heterocycles. The zero-order chi connectivity index (χ0) is 22.3. The summed E-state index contributed by atoms with van der Waals surface area (Å²) in [5, 5.41) is 2.78. The van der Waals surface area contributed by atoms with Gasteiger partial charge in [-0.3, -0.25) is 9.69 Å². The van der Waals surface area contributed by atoms with Gasteiger partial charge in [-0.2, -0.15) is 0 Å². The Bertz CT molecular complexity index is 986. The predicted molar refractivity (Wildman–Crippen MR) is 119 cm³/mol. The quantitative estimate of drug-likeness (QED) is 0.585. The third kappa shape index (κ3) is 6.41.